The number of oxazole rings is 1. The first kappa shape index (κ1) is 22.7. The van der Waals surface area contributed by atoms with Gasteiger partial charge in [-0.05, 0) is 62.4 Å². The summed E-state index contributed by atoms with van der Waals surface area (Å²) >= 11 is 0. The standard InChI is InChI=1S/C27H33N3O4/c1-2-33-22-9-7-21(8-10-22)27(13-17-32-18-14-27)19-28-25(31)20-11-15-30(16-12-20)26-29-23-5-3-4-6-24(23)34-26/h3-10,20H,2,11-19H2,1H3,(H,28,31). The Bertz CT molecular complexity index is 1060. The third kappa shape index (κ3) is 4.75. The minimum Gasteiger partial charge on any atom is -0.494 e. The second-order valence-corrected chi connectivity index (χ2v) is 9.29. The van der Waals surface area contributed by atoms with Crippen LogP contribution in [0.5, 0.6) is 5.75 Å². The molecule has 2 aliphatic rings. The highest BCUT2D eigenvalue weighted by atomic mass is 16.5. The fraction of sp³-hybridized carbons (Fsp3) is 0.481. The predicted octanol–water partition coefficient (Wildman–Crippen LogP) is 4.31. The molecule has 0 aliphatic carbocycles. The molecule has 2 aromatic carbocycles. The second kappa shape index (κ2) is 10.1. The van der Waals surface area contributed by atoms with Gasteiger partial charge in [0.15, 0.2) is 5.58 Å². The first-order chi connectivity index (χ1) is 16.7. The van der Waals surface area contributed by atoms with Crippen molar-refractivity contribution in [1.82, 2.24) is 10.3 Å². The van der Waals surface area contributed by atoms with E-state index in [9.17, 15) is 4.79 Å². The number of rotatable bonds is 7. The predicted molar refractivity (Wildman–Crippen MR) is 131 cm³/mol. The first-order valence-corrected chi connectivity index (χ1v) is 12.4. The molecular formula is C27H33N3O4. The molecule has 3 aromatic rings. The molecule has 34 heavy (non-hydrogen) atoms. The van der Waals surface area contributed by atoms with E-state index in [1.807, 2.05) is 43.3 Å². The zero-order chi connectivity index (χ0) is 23.4. The number of carbonyl (C=O) groups excluding carboxylic acids is 1. The van der Waals surface area contributed by atoms with Gasteiger partial charge in [-0.15, -0.1) is 0 Å². The van der Waals surface area contributed by atoms with Gasteiger partial charge in [-0.2, -0.15) is 4.98 Å². The lowest BCUT2D eigenvalue weighted by molar-refractivity contribution is -0.126. The van der Waals surface area contributed by atoms with E-state index in [0.717, 1.165) is 55.6 Å². The molecule has 7 heteroatoms. The van der Waals surface area contributed by atoms with Crippen LogP contribution in [0.1, 0.15) is 38.2 Å². The van der Waals surface area contributed by atoms with Gasteiger partial charge in [0.25, 0.3) is 6.01 Å². The van der Waals surface area contributed by atoms with Crippen LogP contribution in [0, 0.1) is 5.92 Å². The highest BCUT2D eigenvalue weighted by Crippen LogP contribution is 2.35. The van der Waals surface area contributed by atoms with Gasteiger partial charge in [-0.25, -0.2) is 0 Å². The average molecular weight is 464 g/mol. The van der Waals surface area contributed by atoms with Crippen molar-refractivity contribution in [3.8, 4) is 5.75 Å². The molecule has 1 amide bonds. The highest BCUT2D eigenvalue weighted by Gasteiger charge is 2.36. The van der Waals surface area contributed by atoms with Crippen molar-refractivity contribution in [3.05, 3.63) is 54.1 Å². The molecule has 0 bridgehead atoms. The number of carbonyl (C=O) groups is 1. The summed E-state index contributed by atoms with van der Waals surface area (Å²) in [6.07, 6.45) is 3.39. The summed E-state index contributed by atoms with van der Waals surface area (Å²) in [5, 5.41) is 3.29. The molecule has 2 aliphatic heterocycles. The summed E-state index contributed by atoms with van der Waals surface area (Å²) in [7, 11) is 0. The summed E-state index contributed by atoms with van der Waals surface area (Å²) in [5.41, 5.74) is 2.81. The van der Waals surface area contributed by atoms with Crippen molar-refractivity contribution in [2.75, 3.05) is 44.4 Å². The maximum atomic E-state index is 13.1. The number of amides is 1. The molecule has 1 aromatic heterocycles. The third-order valence-corrected chi connectivity index (χ3v) is 7.25. The summed E-state index contributed by atoms with van der Waals surface area (Å²) < 4.78 is 17.2. The molecule has 180 valence electrons. The number of ether oxygens (including phenoxy) is 2. The summed E-state index contributed by atoms with van der Waals surface area (Å²) in [6.45, 7) is 6.23. The van der Waals surface area contributed by atoms with Crippen molar-refractivity contribution >= 4 is 23.0 Å². The molecule has 7 nitrogen and oxygen atoms in total. The van der Waals surface area contributed by atoms with Crippen LogP contribution in [-0.4, -0.2) is 50.3 Å². The topological polar surface area (TPSA) is 76.8 Å². The van der Waals surface area contributed by atoms with E-state index in [4.69, 9.17) is 13.9 Å². The van der Waals surface area contributed by atoms with Gasteiger partial charge in [0.05, 0.1) is 6.61 Å². The van der Waals surface area contributed by atoms with Crippen LogP contribution >= 0.6 is 0 Å². The molecule has 5 rings (SSSR count). The van der Waals surface area contributed by atoms with Crippen LogP contribution in [0.4, 0.5) is 6.01 Å². The van der Waals surface area contributed by atoms with E-state index in [2.05, 4.69) is 27.3 Å². The largest absolute Gasteiger partial charge is 0.494 e. The van der Waals surface area contributed by atoms with Crippen molar-refractivity contribution in [1.29, 1.82) is 0 Å². The van der Waals surface area contributed by atoms with Crippen molar-refractivity contribution in [3.63, 3.8) is 0 Å². The Morgan fingerprint density at radius 1 is 1.12 bits per heavy atom. The Balaban J connectivity index is 1.19. The Kier molecular flexibility index (Phi) is 6.72. The maximum Gasteiger partial charge on any atom is 0.298 e. The molecule has 2 saturated heterocycles. The molecule has 0 spiro atoms. The number of anilines is 1. The van der Waals surface area contributed by atoms with Gasteiger partial charge in [0.2, 0.25) is 5.91 Å². The fourth-order valence-electron chi connectivity index (χ4n) is 5.13. The van der Waals surface area contributed by atoms with Gasteiger partial charge in [0.1, 0.15) is 11.3 Å². The molecule has 3 heterocycles. The second-order valence-electron chi connectivity index (χ2n) is 9.29. The average Bonchev–Trinajstić information content (AvgIpc) is 3.33. The minimum atomic E-state index is -0.0997. The molecule has 2 fully saturated rings. The van der Waals surface area contributed by atoms with Crippen LogP contribution in [0.15, 0.2) is 52.9 Å². The Morgan fingerprint density at radius 2 is 1.85 bits per heavy atom. The van der Waals surface area contributed by atoms with Crippen LogP contribution in [-0.2, 0) is 14.9 Å². The highest BCUT2D eigenvalue weighted by molar-refractivity contribution is 5.79. The van der Waals surface area contributed by atoms with E-state index in [-0.39, 0.29) is 17.2 Å². The van der Waals surface area contributed by atoms with Crippen LogP contribution in [0.25, 0.3) is 11.1 Å². The molecule has 0 unspecified atom stereocenters. The normalized spacial score (nSPS) is 18.7. The molecule has 0 radical (unpaired) electrons. The van der Waals surface area contributed by atoms with E-state index < -0.39 is 0 Å². The fourth-order valence-corrected chi connectivity index (χ4v) is 5.13. The number of hydrogen-bond donors (Lipinski definition) is 1. The first-order valence-electron chi connectivity index (χ1n) is 12.4. The zero-order valence-electron chi connectivity index (χ0n) is 19.8. The quantitative estimate of drug-likeness (QED) is 0.563. The summed E-state index contributed by atoms with van der Waals surface area (Å²) in [5.74, 6) is 1.04. The van der Waals surface area contributed by atoms with Crippen molar-refractivity contribution in [2.24, 2.45) is 5.92 Å². The summed E-state index contributed by atoms with van der Waals surface area (Å²) in [4.78, 5) is 19.9. The Labute approximate surface area is 200 Å². The lowest BCUT2D eigenvalue weighted by atomic mass is 9.74. The third-order valence-electron chi connectivity index (χ3n) is 7.25. The van der Waals surface area contributed by atoms with Gasteiger partial charge in [-0.3, -0.25) is 4.79 Å². The lowest BCUT2D eigenvalue weighted by Gasteiger charge is -2.38. The molecule has 0 atom stereocenters. The number of fused-ring (bicyclic) bond motifs is 1. The number of hydrogen-bond acceptors (Lipinski definition) is 6. The molecule has 0 saturated carbocycles. The zero-order valence-corrected chi connectivity index (χ0v) is 19.8. The van der Waals surface area contributed by atoms with Crippen LogP contribution < -0.4 is 15.0 Å². The number of aromatic nitrogens is 1. The monoisotopic (exact) mass is 463 g/mol. The van der Waals surface area contributed by atoms with Gasteiger partial charge >= 0.3 is 0 Å². The van der Waals surface area contributed by atoms with Crippen LogP contribution in [0.2, 0.25) is 0 Å². The Hall–Kier alpha value is -3.06. The van der Waals surface area contributed by atoms with E-state index in [1.54, 1.807) is 0 Å². The lowest BCUT2D eigenvalue weighted by Crippen LogP contribution is -2.47. The molecular weight excluding hydrogens is 430 g/mol. The smallest absolute Gasteiger partial charge is 0.298 e. The maximum absolute atomic E-state index is 13.1. The number of nitrogens with one attached hydrogen (secondary N) is 1. The van der Waals surface area contributed by atoms with Gasteiger partial charge < -0.3 is 24.1 Å². The van der Waals surface area contributed by atoms with Gasteiger partial charge in [0, 0.05) is 44.2 Å². The number of para-hydroxylation sites is 2. The Morgan fingerprint density at radius 3 is 2.56 bits per heavy atom. The van der Waals surface area contributed by atoms with E-state index in [1.165, 1.54) is 5.56 Å². The van der Waals surface area contributed by atoms with Gasteiger partial charge in [-0.1, -0.05) is 24.3 Å². The van der Waals surface area contributed by atoms with Crippen molar-refractivity contribution < 1.29 is 18.7 Å². The van der Waals surface area contributed by atoms with E-state index in [0.29, 0.717) is 32.4 Å². The number of piperidine rings is 1. The SMILES string of the molecule is CCOc1ccc(C2(CNC(=O)C3CCN(c4nc5ccccc5o4)CC3)CCOCC2)cc1. The number of benzene rings is 2. The van der Waals surface area contributed by atoms with Crippen molar-refractivity contribution in [2.45, 2.75) is 38.0 Å². The molecule has 1 N–H and O–H groups in total. The number of nitrogens with zero attached hydrogens (tertiary/aromatic N) is 2. The summed E-state index contributed by atoms with van der Waals surface area (Å²) in [6, 6.07) is 16.8. The minimum absolute atomic E-state index is 0.0119. The van der Waals surface area contributed by atoms with Crippen LogP contribution in [0.3, 0.4) is 0 Å². The van der Waals surface area contributed by atoms with E-state index >= 15 is 0 Å².